The van der Waals surface area contributed by atoms with Gasteiger partial charge in [0, 0.05) is 7.05 Å². The lowest BCUT2D eigenvalue weighted by molar-refractivity contribution is 0.948. The summed E-state index contributed by atoms with van der Waals surface area (Å²) in [7, 11) is 1.98. The van der Waals surface area contributed by atoms with Crippen LogP contribution >= 0.6 is 0 Å². The van der Waals surface area contributed by atoms with Crippen molar-refractivity contribution in [3.05, 3.63) is 24.8 Å². The van der Waals surface area contributed by atoms with Crippen molar-refractivity contribution in [1.82, 2.24) is 19.5 Å². The van der Waals surface area contributed by atoms with E-state index in [4.69, 9.17) is 0 Å². The van der Waals surface area contributed by atoms with Gasteiger partial charge in [0.2, 0.25) is 0 Å². The van der Waals surface area contributed by atoms with Gasteiger partial charge in [0.25, 0.3) is 0 Å². The summed E-state index contributed by atoms with van der Waals surface area (Å²) >= 11 is 0. The van der Waals surface area contributed by atoms with Crippen molar-refractivity contribution in [3.63, 3.8) is 0 Å². The van der Waals surface area contributed by atoms with Crippen molar-refractivity contribution in [2.75, 3.05) is 0 Å². The Hall–Kier alpha value is -1.84. The minimum Gasteiger partial charge on any atom is -0.345 e. The maximum Gasteiger partial charge on any atom is 0.0955 e. The summed E-state index contributed by atoms with van der Waals surface area (Å²) < 4.78 is 1.99. The van der Waals surface area contributed by atoms with Gasteiger partial charge < -0.3 is 9.55 Å². The molecule has 0 radical (unpaired) electrons. The van der Waals surface area contributed by atoms with Crippen molar-refractivity contribution >= 4 is 22.1 Å². The summed E-state index contributed by atoms with van der Waals surface area (Å²) in [5.74, 6) is 0. The third-order valence-corrected chi connectivity index (χ3v) is 2.27. The van der Waals surface area contributed by atoms with Gasteiger partial charge in [-0.15, -0.1) is 0 Å². The van der Waals surface area contributed by atoms with Crippen LogP contribution in [0.5, 0.6) is 0 Å². The number of H-pyrrole nitrogens is 1. The maximum atomic E-state index is 4.26. The molecule has 0 aliphatic rings. The van der Waals surface area contributed by atoms with Gasteiger partial charge in [-0.25, -0.2) is 9.97 Å². The SMILES string of the molecule is Cn1cnc2cc3[nH]cnc3cc21. The highest BCUT2D eigenvalue weighted by atomic mass is 15.0. The molecule has 1 aromatic carbocycles. The molecule has 1 N–H and O–H groups in total. The number of aryl methyl sites for hydroxylation is 1. The zero-order chi connectivity index (χ0) is 8.84. The van der Waals surface area contributed by atoms with E-state index in [1.165, 1.54) is 0 Å². The number of hydrogen-bond acceptors (Lipinski definition) is 2. The maximum absolute atomic E-state index is 4.26. The fraction of sp³-hybridized carbons (Fsp3) is 0.111. The Morgan fingerprint density at radius 3 is 3.08 bits per heavy atom. The number of rotatable bonds is 0. The van der Waals surface area contributed by atoms with Crippen molar-refractivity contribution in [2.45, 2.75) is 0 Å². The number of fused-ring (bicyclic) bond motifs is 2. The van der Waals surface area contributed by atoms with Gasteiger partial charge in [0.15, 0.2) is 0 Å². The van der Waals surface area contributed by atoms with Gasteiger partial charge >= 0.3 is 0 Å². The second kappa shape index (κ2) is 2.10. The van der Waals surface area contributed by atoms with Crippen molar-refractivity contribution in [3.8, 4) is 0 Å². The van der Waals surface area contributed by atoms with Crippen LogP contribution in [0.3, 0.4) is 0 Å². The van der Waals surface area contributed by atoms with Crippen LogP contribution in [0.2, 0.25) is 0 Å². The third-order valence-electron chi connectivity index (χ3n) is 2.27. The van der Waals surface area contributed by atoms with Crippen LogP contribution in [-0.2, 0) is 7.05 Å². The summed E-state index contributed by atoms with van der Waals surface area (Å²) in [5, 5.41) is 0. The van der Waals surface area contributed by atoms with Crippen LogP contribution in [0, 0.1) is 0 Å². The van der Waals surface area contributed by atoms with Crippen LogP contribution in [0.1, 0.15) is 0 Å². The van der Waals surface area contributed by atoms with Crippen molar-refractivity contribution in [1.29, 1.82) is 0 Å². The molecule has 3 rings (SSSR count). The first-order valence-corrected chi connectivity index (χ1v) is 4.09. The third kappa shape index (κ3) is 0.796. The standard InChI is InChI=1S/C9H8N4/c1-13-5-12-8-2-6-7(3-9(8)13)11-4-10-6/h2-5H,1H3,(H,10,11). The number of benzene rings is 1. The minimum absolute atomic E-state index is 0.983. The van der Waals surface area contributed by atoms with Crippen LogP contribution in [0.15, 0.2) is 24.8 Å². The average Bonchev–Trinajstić information content (AvgIpc) is 2.70. The minimum atomic E-state index is 0.983. The number of aromatic nitrogens is 4. The lowest BCUT2D eigenvalue weighted by Gasteiger charge is -1.93. The summed E-state index contributed by atoms with van der Waals surface area (Å²) in [5.41, 5.74) is 4.13. The van der Waals surface area contributed by atoms with E-state index in [0.29, 0.717) is 0 Å². The monoisotopic (exact) mass is 172 g/mol. The van der Waals surface area contributed by atoms with E-state index in [2.05, 4.69) is 15.0 Å². The van der Waals surface area contributed by atoms with Gasteiger partial charge in [-0.3, -0.25) is 0 Å². The molecule has 0 saturated heterocycles. The first kappa shape index (κ1) is 6.65. The van der Waals surface area contributed by atoms with Gasteiger partial charge in [-0.05, 0) is 12.1 Å². The van der Waals surface area contributed by atoms with Crippen molar-refractivity contribution in [2.24, 2.45) is 7.05 Å². The molecule has 13 heavy (non-hydrogen) atoms. The predicted octanol–water partition coefficient (Wildman–Crippen LogP) is 1.45. The number of imidazole rings is 2. The average molecular weight is 172 g/mol. The number of nitrogens with zero attached hydrogens (tertiary/aromatic N) is 3. The zero-order valence-corrected chi connectivity index (χ0v) is 7.15. The Morgan fingerprint density at radius 2 is 2.15 bits per heavy atom. The number of aromatic amines is 1. The molecule has 3 aromatic rings. The van der Waals surface area contributed by atoms with E-state index >= 15 is 0 Å². The topological polar surface area (TPSA) is 46.5 Å². The zero-order valence-electron chi connectivity index (χ0n) is 7.15. The molecule has 0 bridgehead atoms. The number of hydrogen-bond donors (Lipinski definition) is 1. The van der Waals surface area contributed by atoms with E-state index < -0.39 is 0 Å². The second-order valence-electron chi connectivity index (χ2n) is 3.12. The van der Waals surface area contributed by atoms with E-state index in [1.54, 1.807) is 6.33 Å². The highest BCUT2D eigenvalue weighted by Crippen LogP contribution is 2.18. The van der Waals surface area contributed by atoms with E-state index in [1.807, 2.05) is 30.1 Å². The van der Waals surface area contributed by atoms with E-state index in [0.717, 1.165) is 22.1 Å². The van der Waals surface area contributed by atoms with Crippen LogP contribution in [-0.4, -0.2) is 19.5 Å². The highest BCUT2D eigenvalue weighted by molar-refractivity contribution is 5.91. The van der Waals surface area contributed by atoms with Crippen LogP contribution in [0.4, 0.5) is 0 Å². The molecular formula is C9H8N4. The Kier molecular flexibility index (Phi) is 1.07. The summed E-state index contributed by atoms with van der Waals surface area (Å²) in [6, 6.07) is 4.05. The second-order valence-corrected chi connectivity index (χ2v) is 3.12. The molecule has 0 fully saturated rings. The molecule has 0 saturated carbocycles. The van der Waals surface area contributed by atoms with E-state index in [9.17, 15) is 0 Å². The van der Waals surface area contributed by atoms with E-state index in [-0.39, 0.29) is 0 Å². The molecule has 0 unspecified atom stereocenters. The molecule has 4 heteroatoms. The Balaban J connectivity index is 2.59. The first-order chi connectivity index (χ1) is 6.34. The van der Waals surface area contributed by atoms with Crippen molar-refractivity contribution < 1.29 is 0 Å². The Bertz CT molecular complexity index is 575. The number of nitrogens with one attached hydrogen (secondary N) is 1. The van der Waals surface area contributed by atoms with Gasteiger partial charge in [0.05, 0.1) is 34.7 Å². The molecular weight excluding hydrogens is 164 g/mol. The summed E-state index contributed by atoms with van der Waals surface area (Å²) in [6.45, 7) is 0. The summed E-state index contributed by atoms with van der Waals surface area (Å²) in [6.07, 6.45) is 3.51. The normalized spacial score (nSPS) is 11.5. The molecule has 2 aromatic heterocycles. The Morgan fingerprint density at radius 1 is 1.23 bits per heavy atom. The summed E-state index contributed by atoms with van der Waals surface area (Å²) in [4.78, 5) is 11.5. The highest BCUT2D eigenvalue weighted by Gasteiger charge is 2.02. The van der Waals surface area contributed by atoms with Crippen LogP contribution < -0.4 is 0 Å². The smallest absolute Gasteiger partial charge is 0.0955 e. The fourth-order valence-corrected chi connectivity index (χ4v) is 1.56. The first-order valence-electron chi connectivity index (χ1n) is 4.09. The quantitative estimate of drug-likeness (QED) is 0.557. The van der Waals surface area contributed by atoms with Gasteiger partial charge in [0.1, 0.15) is 0 Å². The molecule has 64 valence electrons. The molecule has 0 aliphatic carbocycles. The lowest BCUT2D eigenvalue weighted by atomic mass is 10.3. The molecule has 0 atom stereocenters. The molecule has 0 spiro atoms. The van der Waals surface area contributed by atoms with Crippen LogP contribution in [0.25, 0.3) is 22.1 Å². The Labute approximate surface area is 74.2 Å². The molecule has 4 nitrogen and oxygen atoms in total. The molecule has 0 aliphatic heterocycles. The molecule has 2 heterocycles. The fourth-order valence-electron chi connectivity index (χ4n) is 1.56. The predicted molar refractivity (Wildman–Crippen MR) is 50.4 cm³/mol. The molecule has 0 amide bonds. The largest absolute Gasteiger partial charge is 0.345 e. The lowest BCUT2D eigenvalue weighted by Crippen LogP contribution is -1.83. The van der Waals surface area contributed by atoms with Gasteiger partial charge in [-0.2, -0.15) is 0 Å². The van der Waals surface area contributed by atoms with Gasteiger partial charge in [-0.1, -0.05) is 0 Å².